The number of hydrogen-bond donors (Lipinski definition) is 1. The van der Waals surface area contributed by atoms with Gasteiger partial charge in [-0.3, -0.25) is 4.79 Å². The van der Waals surface area contributed by atoms with Crippen LogP contribution < -0.4 is 5.32 Å². The second-order valence-electron chi connectivity index (χ2n) is 8.25. The molecule has 31 heavy (non-hydrogen) atoms. The third-order valence-corrected chi connectivity index (χ3v) is 4.87. The van der Waals surface area contributed by atoms with Gasteiger partial charge in [0, 0.05) is 18.2 Å². The van der Waals surface area contributed by atoms with E-state index in [9.17, 15) is 4.79 Å². The second-order valence-corrected chi connectivity index (χ2v) is 8.25. The first kappa shape index (κ1) is 28.1. The standard InChI is InChI=1S/C29H41NO/c1-12-27(17-16-23(8)29(31)13-2)26(11)30-25(10)24(9)19-28(21(5)6)18-22(7)15-14-20(3)4/h12,14-17,19,26,30H,1,5,9-10,13,18H2,2-4,6-8,11H3/b22-15-,23-16+,27-17+,28-19+. The molecule has 0 aliphatic carbocycles. The fourth-order valence-electron chi connectivity index (χ4n) is 2.71. The Morgan fingerprint density at radius 1 is 0.968 bits per heavy atom. The Morgan fingerprint density at radius 3 is 2.06 bits per heavy atom. The molecule has 0 saturated carbocycles. The fourth-order valence-corrected chi connectivity index (χ4v) is 2.71. The van der Waals surface area contributed by atoms with Crippen molar-refractivity contribution in [2.75, 3.05) is 0 Å². The van der Waals surface area contributed by atoms with E-state index in [2.05, 4.69) is 64.6 Å². The molecule has 0 aliphatic rings. The molecule has 1 atom stereocenters. The number of hydrogen-bond acceptors (Lipinski definition) is 2. The summed E-state index contributed by atoms with van der Waals surface area (Å²) in [5.41, 5.74) is 7.95. The van der Waals surface area contributed by atoms with Crippen molar-refractivity contribution in [2.24, 2.45) is 0 Å². The molecule has 168 valence electrons. The number of nitrogens with one attached hydrogen (secondary N) is 1. The van der Waals surface area contributed by atoms with E-state index in [1.807, 2.05) is 45.9 Å². The lowest BCUT2D eigenvalue weighted by Crippen LogP contribution is -2.26. The third-order valence-electron chi connectivity index (χ3n) is 4.87. The first-order valence-electron chi connectivity index (χ1n) is 10.8. The number of carbonyl (C=O) groups excluding carboxylic acids is 1. The zero-order chi connectivity index (χ0) is 24.1. The molecule has 0 rings (SSSR count). The summed E-state index contributed by atoms with van der Waals surface area (Å²) in [7, 11) is 0. The van der Waals surface area contributed by atoms with Crippen molar-refractivity contribution in [3.63, 3.8) is 0 Å². The highest BCUT2D eigenvalue weighted by atomic mass is 16.1. The molecular weight excluding hydrogens is 378 g/mol. The normalized spacial score (nSPS) is 13.9. The van der Waals surface area contributed by atoms with Crippen molar-refractivity contribution in [2.45, 2.75) is 67.3 Å². The van der Waals surface area contributed by atoms with Crippen LogP contribution in [-0.2, 0) is 4.79 Å². The number of Topliss-reactive ketones (excluding diaryl/α,β-unsaturated/α-hetero) is 1. The van der Waals surface area contributed by atoms with Crippen LogP contribution in [0.1, 0.15) is 61.3 Å². The molecule has 0 aliphatic heterocycles. The number of ketones is 1. The summed E-state index contributed by atoms with van der Waals surface area (Å²) in [4.78, 5) is 11.8. The van der Waals surface area contributed by atoms with Gasteiger partial charge in [-0.1, -0.05) is 80.3 Å². The van der Waals surface area contributed by atoms with Crippen LogP contribution in [0, 0.1) is 0 Å². The quantitative estimate of drug-likeness (QED) is 0.243. The van der Waals surface area contributed by atoms with Crippen LogP contribution in [0.25, 0.3) is 0 Å². The number of rotatable bonds is 13. The molecule has 1 unspecified atom stereocenters. The molecule has 0 aromatic heterocycles. The summed E-state index contributed by atoms with van der Waals surface area (Å²) in [6, 6.07) is -0.0245. The smallest absolute Gasteiger partial charge is 0.158 e. The van der Waals surface area contributed by atoms with E-state index in [1.54, 1.807) is 6.08 Å². The molecule has 0 radical (unpaired) electrons. The highest BCUT2D eigenvalue weighted by Crippen LogP contribution is 2.21. The average molecular weight is 420 g/mol. The molecule has 0 amide bonds. The van der Waals surface area contributed by atoms with Crippen molar-refractivity contribution in [3.05, 3.63) is 107 Å². The summed E-state index contributed by atoms with van der Waals surface area (Å²) in [6.07, 6.45) is 13.2. The Hall–Kier alpha value is -2.87. The summed E-state index contributed by atoms with van der Waals surface area (Å²) in [5.74, 6) is 0.143. The van der Waals surface area contributed by atoms with Crippen molar-refractivity contribution >= 4 is 5.78 Å². The van der Waals surface area contributed by atoms with Crippen molar-refractivity contribution in [1.29, 1.82) is 0 Å². The van der Waals surface area contributed by atoms with Crippen LogP contribution in [0.5, 0.6) is 0 Å². The molecule has 0 aromatic carbocycles. The van der Waals surface area contributed by atoms with E-state index >= 15 is 0 Å². The number of allylic oxidation sites excluding steroid dienone is 10. The Kier molecular flexibility index (Phi) is 12.9. The molecule has 0 heterocycles. The van der Waals surface area contributed by atoms with E-state index in [0.29, 0.717) is 6.42 Å². The first-order valence-corrected chi connectivity index (χ1v) is 10.8. The topological polar surface area (TPSA) is 29.1 Å². The van der Waals surface area contributed by atoms with Crippen LogP contribution in [-0.4, -0.2) is 11.8 Å². The van der Waals surface area contributed by atoms with Crippen LogP contribution in [0.15, 0.2) is 107 Å². The maximum Gasteiger partial charge on any atom is 0.158 e. The second kappa shape index (κ2) is 14.2. The van der Waals surface area contributed by atoms with Crippen LogP contribution in [0.4, 0.5) is 0 Å². The summed E-state index contributed by atoms with van der Waals surface area (Å²) < 4.78 is 0. The zero-order valence-electron chi connectivity index (χ0n) is 20.7. The maximum atomic E-state index is 11.8. The van der Waals surface area contributed by atoms with Crippen LogP contribution >= 0.6 is 0 Å². The van der Waals surface area contributed by atoms with Gasteiger partial charge in [-0.15, -0.1) is 0 Å². The maximum absolute atomic E-state index is 11.8. The van der Waals surface area contributed by atoms with Crippen molar-refractivity contribution in [1.82, 2.24) is 5.32 Å². The fraction of sp³-hybridized carbons (Fsp3) is 0.345. The van der Waals surface area contributed by atoms with Gasteiger partial charge in [0.1, 0.15) is 0 Å². The predicted octanol–water partition coefficient (Wildman–Crippen LogP) is 7.88. The van der Waals surface area contributed by atoms with Crippen LogP contribution in [0.2, 0.25) is 0 Å². The predicted molar refractivity (Wildman–Crippen MR) is 139 cm³/mol. The zero-order valence-corrected chi connectivity index (χ0v) is 20.7. The van der Waals surface area contributed by atoms with Gasteiger partial charge >= 0.3 is 0 Å². The van der Waals surface area contributed by atoms with Crippen molar-refractivity contribution in [3.8, 4) is 0 Å². The van der Waals surface area contributed by atoms with Crippen molar-refractivity contribution < 1.29 is 4.79 Å². The van der Waals surface area contributed by atoms with E-state index in [-0.39, 0.29) is 11.8 Å². The van der Waals surface area contributed by atoms with Gasteiger partial charge in [0.15, 0.2) is 5.78 Å². The summed E-state index contributed by atoms with van der Waals surface area (Å²) >= 11 is 0. The van der Waals surface area contributed by atoms with Gasteiger partial charge in [0.05, 0.1) is 0 Å². The van der Waals surface area contributed by atoms with E-state index in [0.717, 1.165) is 40.0 Å². The Labute approximate surface area is 190 Å². The largest absolute Gasteiger partial charge is 0.379 e. The summed E-state index contributed by atoms with van der Waals surface area (Å²) in [6.45, 7) is 30.4. The highest BCUT2D eigenvalue weighted by molar-refractivity contribution is 5.94. The van der Waals surface area contributed by atoms with Gasteiger partial charge in [-0.2, -0.15) is 0 Å². The van der Waals surface area contributed by atoms with Gasteiger partial charge in [0.25, 0.3) is 0 Å². The lowest BCUT2D eigenvalue weighted by Gasteiger charge is -2.19. The number of carbonyl (C=O) groups is 1. The Balaban J connectivity index is 5.42. The van der Waals surface area contributed by atoms with Crippen LogP contribution in [0.3, 0.4) is 0 Å². The minimum atomic E-state index is -0.0245. The lowest BCUT2D eigenvalue weighted by molar-refractivity contribution is -0.115. The van der Waals surface area contributed by atoms with Gasteiger partial charge < -0.3 is 5.32 Å². The molecule has 2 heteroatoms. The van der Waals surface area contributed by atoms with Gasteiger partial charge in [0.2, 0.25) is 0 Å². The van der Waals surface area contributed by atoms with E-state index < -0.39 is 0 Å². The molecule has 2 nitrogen and oxygen atoms in total. The highest BCUT2D eigenvalue weighted by Gasteiger charge is 2.09. The molecule has 0 aromatic rings. The minimum Gasteiger partial charge on any atom is -0.379 e. The molecule has 0 saturated heterocycles. The lowest BCUT2D eigenvalue weighted by atomic mass is 9.97. The van der Waals surface area contributed by atoms with E-state index in [4.69, 9.17) is 0 Å². The Morgan fingerprint density at radius 2 is 1.58 bits per heavy atom. The van der Waals surface area contributed by atoms with Gasteiger partial charge in [-0.05, 0) is 76.3 Å². The molecule has 0 bridgehead atoms. The summed E-state index contributed by atoms with van der Waals surface area (Å²) in [5, 5.41) is 3.39. The SMILES string of the molecule is C=C/C(=C\C=C(/C)C(=O)CC)C(C)NC(=C)C(=C)/C=C(\C/C(C)=C\C=C(C)C)C(=C)C. The monoisotopic (exact) mass is 419 g/mol. The Bertz CT molecular complexity index is 864. The van der Waals surface area contributed by atoms with Gasteiger partial charge in [-0.25, -0.2) is 0 Å². The molecule has 0 fully saturated rings. The molecular formula is C29H41NO. The molecule has 0 spiro atoms. The minimum absolute atomic E-state index is 0.0245. The molecule has 1 N–H and O–H groups in total. The van der Waals surface area contributed by atoms with E-state index in [1.165, 1.54) is 11.1 Å². The average Bonchev–Trinajstić information content (AvgIpc) is 2.70. The third kappa shape index (κ3) is 11.2. The first-order chi connectivity index (χ1) is 14.4.